The van der Waals surface area contributed by atoms with Gasteiger partial charge in [0, 0.05) is 5.92 Å². The Morgan fingerprint density at radius 2 is 2.04 bits per heavy atom. The number of benzene rings is 1. The van der Waals surface area contributed by atoms with Crippen LogP contribution in [0.15, 0.2) is 30.3 Å². The number of aliphatic carboxylic acids is 1. The Balaban J connectivity index is 2.43. The van der Waals surface area contributed by atoms with Crippen molar-refractivity contribution in [2.45, 2.75) is 46.0 Å². The van der Waals surface area contributed by atoms with E-state index in [0.717, 1.165) is 18.4 Å². The summed E-state index contributed by atoms with van der Waals surface area (Å²) >= 11 is 0. The number of aromatic nitrogens is 4. The molecule has 124 valence electrons. The highest BCUT2D eigenvalue weighted by atomic mass is 16.4. The maximum absolute atomic E-state index is 12.2. The van der Waals surface area contributed by atoms with Gasteiger partial charge in [-0.3, -0.25) is 4.79 Å². The molecule has 0 aliphatic heterocycles. The van der Waals surface area contributed by atoms with Gasteiger partial charge in [-0.1, -0.05) is 50.6 Å². The first-order valence-electron chi connectivity index (χ1n) is 8.01. The van der Waals surface area contributed by atoms with Crippen LogP contribution >= 0.6 is 0 Å². The van der Waals surface area contributed by atoms with Crippen molar-refractivity contribution in [1.29, 1.82) is 0 Å². The number of H-pyrrole nitrogens is 1. The number of carbonyl (C=O) groups is 1. The number of carboxylic acids is 1. The summed E-state index contributed by atoms with van der Waals surface area (Å²) in [5.41, 5.74) is 0.123. The summed E-state index contributed by atoms with van der Waals surface area (Å²) in [5, 5.41) is 24.1. The summed E-state index contributed by atoms with van der Waals surface area (Å²) in [6.07, 6.45) is 2.36. The number of hydrogen-bond donors (Lipinski definition) is 2. The van der Waals surface area contributed by atoms with E-state index in [4.69, 9.17) is 0 Å². The Hall–Kier alpha value is -2.24. The van der Waals surface area contributed by atoms with E-state index in [-0.39, 0.29) is 11.8 Å². The molecule has 23 heavy (non-hydrogen) atoms. The molecule has 1 aromatic heterocycles. The first-order valence-corrected chi connectivity index (χ1v) is 8.01. The van der Waals surface area contributed by atoms with Crippen molar-refractivity contribution in [1.82, 2.24) is 20.6 Å². The number of hydrogen-bond acceptors (Lipinski definition) is 4. The average molecular weight is 316 g/mol. The maximum Gasteiger partial charge on any atom is 0.310 e. The molecule has 6 heteroatoms. The average Bonchev–Trinajstić information content (AvgIpc) is 3.07. The molecule has 1 unspecified atom stereocenters. The molecular formula is C17H24N4O2. The van der Waals surface area contributed by atoms with E-state index in [9.17, 15) is 9.90 Å². The number of aromatic amines is 1. The van der Waals surface area contributed by atoms with Crippen LogP contribution in [0.25, 0.3) is 0 Å². The number of nitrogens with zero attached hydrogens (tertiary/aromatic N) is 3. The highest BCUT2D eigenvalue weighted by Gasteiger charge is 2.47. The van der Waals surface area contributed by atoms with Crippen molar-refractivity contribution in [3.8, 4) is 0 Å². The van der Waals surface area contributed by atoms with Crippen LogP contribution in [0.3, 0.4) is 0 Å². The fraction of sp³-hybridized carbons (Fsp3) is 0.529. The molecule has 0 spiro atoms. The summed E-state index contributed by atoms with van der Waals surface area (Å²) in [5.74, 6) is -0.597. The number of carboxylic acid groups (broad SMARTS) is 1. The molecule has 0 aliphatic carbocycles. The van der Waals surface area contributed by atoms with E-state index in [1.807, 2.05) is 44.2 Å². The summed E-state index contributed by atoms with van der Waals surface area (Å²) < 4.78 is 0. The van der Waals surface area contributed by atoms with E-state index < -0.39 is 11.4 Å². The van der Waals surface area contributed by atoms with Gasteiger partial charge >= 0.3 is 5.97 Å². The van der Waals surface area contributed by atoms with E-state index in [2.05, 4.69) is 27.5 Å². The molecule has 0 saturated carbocycles. The highest BCUT2D eigenvalue weighted by molar-refractivity contribution is 5.76. The number of nitrogens with one attached hydrogen (secondary N) is 1. The minimum absolute atomic E-state index is 0.00353. The topological polar surface area (TPSA) is 91.8 Å². The van der Waals surface area contributed by atoms with Crippen LogP contribution in [0.2, 0.25) is 0 Å². The Morgan fingerprint density at radius 3 is 2.57 bits per heavy atom. The van der Waals surface area contributed by atoms with E-state index in [1.165, 1.54) is 0 Å². The monoisotopic (exact) mass is 316 g/mol. The van der Waals surface area contributed by atoms with Crippen LogP contribution < -0.4 is 0 Å². The largest absolute Gasteiger partial charge is 0.481 e. The van der Waals surface area contributed by atoms with Crippen molar-refractivity contribution < 1.29 is 9.90 Å². The zero-order chi connectivity index (χ0) is 16.9. The molecular weight excluding hydrogens is 292 g/mol. The Kier molecular flexibility index (Phi) is 5.47. The second-order valence-corrected chi connectivity index (χ2v) is 6.31. The molecule has 1 aromatic carbocycles. The normalized spacial score (nSPS) is 16.5. The van der Waals surface area contributed by atoms with Crippen molar-refractivity contribution in [3.05, 3.63) is 41.7 Å². The van der Waals surface area contributed by atoms with Gasteiger partial charge in [-0.2, -0.15) is 0 Å². The third-order valence-electron chi connectivity index (χ3n) is 4.90. The Morgan fingerprint density at radius 1 is 1.35 bits per heavy atom. The van der Waals surface area contributed by atoms with Gasteiger partial charge in [0.2, 0.25) is 0 Å². The van der Waals surface area contributed by atoms with Crippen LogP contribution in [-0.2, 0) is 11.2 Å². The third kappa shape index (κ3) is 3.57. The van der Waals surface area contributed by atoms with Gasteiger partial charge in [0.1, 0.15) is 0 Å². The van der Waals surface area contributed by atoms with Gasteiger partial charge in [0.15, 0.2) is 5.82 Å². The van der Waals surface area contributed by atoms with Crippen LogP contribution in [0.1, 0.15) is 50.9 Å². The van der Waals surface area contributed by atoms with Crippen LogP contribution in [0.5, 0.6) is 0 Å². The van der Waals surface area contributed by atoms with Gasteiger partial charge < -0.3 is 5.11 Å². The molecule has 0 radical (unpaired) electrons. The predicted octanol–water partition coefficient (Wildman–Crippen LogP) is 3.05. The van der Waals surface area contributed by atoms with E-state index >= 15 is 0 Å². The smallest absolute Gasteiger partial charge is 0.310 e. The molecule has 0 amide bonds. The van der Waals surface area contributed by atoms with Crippen LogP contribution in [0, 0.1) is 11.3 Å². The van der Waals surface area contributed by atoms with Crippen molar-refractivity contribution >= 4 is 5.97 Å². The maximum atomic E-state index is 12.2. The lowest BCUT2D eigenvalue weighted by molar-refractivity contribution is -0.153. The number of tetrazole rings is 1. The molecule has 0 fully saturated rings. The summed E-state index contributed by atoms with van der Waals surface area (Å²) in [6.45, 7) is 5.88. The standard InChI is InChI=1S/C17H24N4O2/c1-4-8-12(2)17(3,16(22)23)14(15-18-20-21-19-15)11-13-9-6-5-7-10-13/h5-7,9-10,12,14H,4,8,11H2,1-3H3,(H,22,23)(H,18,19,20,21)/t12?,14-,17+/m1/s1. The lowest BCUT2D eigenvalue weighted by atomic mass is 9.65. The van der Waals surface area contributed by atoms with Crippen molar-refractivity contribution in [2.75, 3.05) is 0 Å². The molecule has 2 N–H and O–H groups in total. The highest BCUT2D eigenvalue weighted by Crippen LogP contribution is 2.44. The minimum atomic E-state index is -0.951. The fourth-order valence-electron chi connectivity index (χ4n) is 3.19. The lowest BCUT2D eigenvalue weighted by Crippen LogP contribution is -2.41. The first-order chi connectivity index (χ1) is 11.0. The second kappa shape index (κ2) is 7.35. The molecule has 6 nitrogen and oxygen atoms in total. The van der Waals surface area contributed by atoms with Gasteiger partial charge in [0.05, 0.1) is 5.41 Å². The minimum Gasteiger partial charge on any atom is -0.481 e. The summed E-state index contributed by atoms with van der Waals surface area (Å²) in [4.78, 5) is 12.2. The molecule has 0 saturated heterocycles. The molecule has 1 heterocycles. The van der Waals surface area contributed by atoms with Gasteiger partial charge in [-0.15, -0.1) is 5.10 Å². The van der Waals surface area contributed by atoms with Gasteiger partial charge in [-0.05, 0) is 41.7 Å². The van der Waals surface area contributed by atoms with Gasteiger partial charge in [-0.25, -0.2) is 5.10 Å². The van der Waals surface area contributed by atoms with Crippen molar-refractivity contribution in [3.63, 3.8) is 0 Å². The zero-order valence-electron chi connectivity index (χ0n) is 13.9. The van der Waals surface area contributed by atoms with Crippen LogP contribution in [0.4, 0.5) is 0 Å². The zero-order valence-corrected chi connectivity index (χ0v) is 13.9. The van der Waals surface area contributed by atoms with E-state index in [0.29, 0.717) is 12.2 Å². The van der Waals surface area contributed by atoms with E-state index in [1.54, 1.807) is 0 Å². The van der Waals surface area contributed by atoms with Crippen LogP contribution in [-0.4, -0.2) is 31.7 Å². The second-order valence-electron chi connectivity index (χ2n) is 6.31. The third-order valence-corrected chi connectivity index (χ3v) is 4.90. The first kappa shape index (κ1) is 17.1. The Labute approximate surface area is 136 Å². The molecule has 0 bridgehead atoms. The lowest BCUT2D eigenvalue weighted by Gasteiger charge is -2.37. The SMILES string of the molecule is CCCC(C)[C@](C)(C(=O)O)[C@H](Cc1ccccc1)c1nnn[nH]1. The molecule has 2 aromatic rings. The Bertz CT molecular complexity index is 615. The summed E-state index contributed by atoms with van der Waals surface area (Å²) in [6, 6.07) is 9.87. The van der Waals surface area contributed by atoms with Gasteiger partial charge in [0.25, 0.3) is 0 Å². The predicted molar refractivity (Wildman–Crippen MR) is 86.9 cm³/mol. The molecule has 2 rings (SSSR count). The quantitative estimate of drug-likeness (QED) is 0.781. The molecule has 0 aliphatic rings. The number of rotatable bonds is 8. The summed E-state index contributed by atoms with van der Waals surface area (Å²) in [7, 11) is 0. The molecule has 3 atom stereocenters. The fourth-order valence-corrected chi connectivity index (χ4v) is 3.19. The van der Waals surface area contributed by atoms with Crippen molar-refractivity contribution in [2.24, 2.45) is 11.3 Å².